The molecule has 0 saturated carbocycles. The van der Waals surface area contributed by atoms with Crippen molar-refractivity contribution in [2.24, 2.45) is 4.99 Å². The van der Waals surface area contributed by atoms with Gasteiger partial charge in [0.2, 0.25) is 17.8 Å². The van der Waals surface area contributed by atoms with Crippen molar-refractivity contribution >= 4 is 40.4 Å². The van der Waals surface area contributed by atoms with Crippen LogP contribution in [0.2, 0.25) is 0 Å². The number of aryl methyl sites for hydroxylation is 4. The number of nitrogens with one attached hydrogen (secondary N) is 3. The van der Waals surface area contributed by atoms with Crippen LogP contribution in [-0.2, 0) is 11.2 Å². The van der Waals surface area contributed by atoms with Crippen molar-refractivity contribution in [2.75, 3.05) is 41.9 Å². The predicted molar refractivity (Wildman–Crippen MR) is 124 cm³/mol. The van der Waals surface area contributed by atoms with E-state index >= 15 is 0 Å². The molecule has 162 valence electrons. The van der Waals surface area contributed by atoms with Crippen LogP contribution in [0.15, 0.2) is 17.1 Å². The van der Waals surface area contributed by atoms with Gasteiger partial charge in [0.15, 0.2) is 5.17 Å². The van der Waals surface area contributed by atoms with E-state index in [1.165, 1.54) is 17.3 Å². The minimum absolute atomic E-state index is 0.0253. The Balaban J connectivity index is 2.00. The molecule has 0 radical (unpaired) electrons. The third kappa shape index (κ3) is 6.96. The maximum absolute atomic E-state index is 12.5. The highest BCUT2D eigenvalue weighted by Gasteiger charge is 2.12. The topological polar surface area (TPSA) is 124 Å². The van der Waals surface area contributed by atoms with E-state index in [0.717, 1.165) is 16.8 Å². The number of amidine groups is 1. The molecule has 0 spiro atoms. The molecule has 0 aliphatic heterocycles. The first-order valence-electron chi connectivity index (χ1n) is 9.70. The number of carbonyl (C=O) groups is 1. The lowest BCUT2D eigenvalue weighted by Gasteiger charge is -2.13. The van der Waals surface area contributed by atoms with Crippen molar-refractivity contribution in [3.8, 4) is 0 Å². The van der Waals surface area contributed by atoms with Gasteiger partial charge in [-0.1, -0.05) is 36.4 Å². The molecular formula is C20H29N7O2S. The number of nitrogens with zero attached hydrogens (tertiary/aromatic N) is 4. The molecule has 2 aromatic rings. The van der Waals surface area contributed by atoms with Crippen LogP contribution in [0.1, 0.15) is 29.4 Å². The number of aromatic nitrogens is 3. The fourth-order valence-corrected chi connectivity index (χ4v) is 3.45. The number of anilines is 3. The van der Waals surface area contributed by atoms with Gasteiger partial charge >= 0.3 is 0 Å². The first-order chi connectivity index (χ1) is 14.4. The second-order valence-corrected chi connectivity index (χ2v) is 7.63. The van der Waals surface area contributed by atoms with E-state index in [2.05, 4.69) is 35.9 Å². The Hall–Kier alpha value is -2.72. The van der Waals surface area contributed by atoms with E-state index in [1.807, 2.05) is 39.8 Å². The molecule has 10 heteroatoms. The molecule has 1 heterocycles. The Labute approximate surface area is 181 Å². The van der Waals surface area contributed by atoms with E-state index in [0.29, 0.717) is 35.9 Å². The van der Waals surface area contributed by atoms with Gasteiger partial charge in [-0.25, -0.2) is 0 Å². The van der Waals surface area contributed by atoms with E-state index in [9.17, 15) is 4.79 Å². The lowest BCUT2D eigenvalue weighted by molar-refractivity contribution is -0.113. The summed E-state index contributed by atoms with van der Waals surface area (Å²) in [5.41, 5.74) is 4.08. The molecule has 1 aromatic carbocycles. The molecule has 0 unspecified atom stereocenters. The van der Waals surface area contributed by atoms with Crippen LogP contribution < -0.4 is 16.0 Å². The Morgan fingerprint density at radius 1 is 1.10 bits per heavy atom. The summed E-state index contributed by atoms with van der Waals surface area (Å²) in [5, 5.41) is 18.4. The number of rotatable bonds is 8. The van der Waals surface area contributed by atoms with Gasteiger partial charge in [-0.3, -0.25) is 9.79 Å². The molecule has 30 heavy (non-hydrogen) atoms. The molecule has 0 aliphatic rings. The minimum atomic E-state index is -0.117. The fraction of sp³-hybridized carbons (Fsp3) is 0.450. The Morgan fingerprint density at radius 2 is 1.77 bits per heavy atom. The van der Waals surface area contributed by atoms with Crippen molar-refractivity contribution in [2.45, 2.75) is 34.1 Å². The van der Waals surface area contributed by atoms with Crippen LogP contribution in [0.5, 0.6) is 0 Å². The zero-order valence-electron chi connectivity index (χ0n) is 18.0. The van der Waals surface area contributed by atoms with Gasteiger partial charge in [0, 0.05) is 25.7 Å². The lowest BCUT2D eigenvalue weighted by atomic mass is 10.1. The van der Waals surface area contributed by atoms with Crippen LogP contribution in [0.4, 0.5) is 17.6 Å². The van der Waals surface area contributed by atoms with Gasteiger partial charge in [-0.2, -0.15) is 15.0 Å². The van der Waals surface area contributed by atoms with Crippen LogP contribution >= 0.6 is 11.8 Å². The molecule has 4 N–H and O–H groups in total. The average molecular weight is 432 g/mol. The van der Waals surface area contributed by atoms with Gasteiger partial charge in [0.05, 0.1) is 12.4 Å². The van der Waals surface area contributed by atoms with Crippen LogP contribution in [0.3, 0.4) is 0 Å². The molecule has 0 aliphatic carbocycles. The Bertz CT molecular complexity index is 895. The molecule has 0 saturated heterocycles. The lowest BCUT2D eigenvalue weighted by Crippen LogP contribution is -2.20. The van der Waals surface area contributed by atoms with Crippen molar-refractivity contribution < 1.29 is 9.90 Å². The number of hydrogen-bond donors (Lipinski definition) is 4. The number of aliphatic hydroxyl groups is 1. The minimum Gasteiger partial charge on any atom is -0.395 e. The predicted octanol–water partition coefficient (Wildman–Crippen LogP) is 2.53. The zero-order valence-corrected chi connectivity index (χ0v) is 18.9. The van der Waals surface area contributed by atoms with Crippen molar-refractivity contribution in [3.63, 3.8) is 0 Å². The second kappa shape index (κ2) is 11.5. The SMILES string of the molecule is CCc1nc(NCCO)nc(NC(=NC)SCC(=O)Nc2c(C)cc(C)cc2C)n1. The summed E-state index contributed by atoms with van der Waals surface area (Å²) in [7, 11) is 1.63. The molecule has 1 amide bonds. The molecule has 0 fully saturated rings. The quantitative estimate of drug-likeness (QED) is 0.371. The van der Waals surface area contributed by atoms with Crippen molar-refractivity contribution in [1.82, 2.24) is 15.0 Å². The fourth-order valence-electron chi connectivity index (χ4n) is 2.82. The molecular weight excluding hydrogens is 402 g/mol. The number of aliphatic imine (C=N–C) groups is 1. The van der Waals surface area contributed by atoms with E-state index in [-0.39, 0.29) is 18.3 Å². The number of amides is 1. The smallest absolute Gasteiger partial charge is 0.234 e. The summed E-state index contributed by atoms with van der Waals surface area (Å²) in [6.45, 7) is 8.26. The summed E-state index contributed by atoms with van der Waals surface area (Å²) in [6.07, 6.45) is 0.633. The average Bonchev–Trinajstić information content (AvgIpc) is 2.71. The third-order valence-electron chi connectivity index (χ3n) is 4.10. The highest BCUT2D eigenvalue weighted by Crippen LogP contribution is 2.22. The molecule has 9 nitrogen and oxygen atoms in total. The zero-order chi connectivity index (χ0) is 22.1. The highest BCUT2D eigenvalue weighted by molar-refractivity contribution is 8.14. The van der Waals surface area contributed by atoms with Gasteiger partial charge in [-0.05, 0) is 31.9 Å². The van der Waals surface area contributed by atoms with E-state index < -0.39 is 0 Å². The molecule has 0 bridgehead atoms. The monoisotopic (exact) mass is 431 g/mol. The normalized spacial score (nSPS) is 11.3. The number of benzene rings is 1. The van der Waals surface area contributed by atoms with Crippen molar-refractivity contribution in [1.29, 1.82) is 0 Å². The van der Waals surface area contributed by atoms with Crippen molar-refractivity contribution in [3.05, 3.63) is 34.6 Å². The summed E-state index contributed by atoms with van der Waals surface area (Å²) < 4.78 is 0. The number of hydrogen-bond acceptors (Lipinski definition) is 8. The third-order valence-corrected chi connectivity index (χ3v) is 5.06. The van der Waals surface area contributed by atoms with E-state index in [1.54, 1.807) is 7.05 Å². The van der Waals surface area contributed by atoms with Crippen LogP contribution in [0, 0.1) is 20.8 Å². The first kappa shape index (κ1) is 23.6. The number of thioether (sulfide) groups is 1. The summed E-state index contributed by atoms with van der Waals surface area (Å²) >= 11 is 1.26. The maximum atomic E-state index is 12.5. The van der Waals surface area contributed by atoms with Gasteiger partial charge in [0.1, 0.15) is 5.82 Å². The van der Waals surface area contributed by atoms with Crippen LogP contribution in [-0.4, -0.2) is 57.1 Å². The second-order valence-electron chi connectivity index (χ2n) is 6.67. The molecule has 1 aromatic heterocycles. The van der Waals surface area contributed by atoms with Gasteiger partial charge in [-0.15, -0.1) is 0 Å². The summed E-state index contributed by atoms with van der Waals surface area (Å²) in [4.78, 5) is 29.5. The number of aliphatic hydroxyl groups excluding tert-OH is 1. The standard InChI is InChI=1S/C20H29N7O2S/c1-6-15-23-18(22-7-8-28)26-19(24-15)27-20(21-5)30-11-16(29)25-17-13(3)9-12(2)10-14(17)4/h9-10,28H,6-8,11H2,1-5H3,(H,25,29)(H2,21,22,23,24,26,27). The van der Waals surface area contributed by atoms with Gasteiger partial charge < -0.3 is 21.1 Å². The van der Waals surface area contributed by atoms with E-state index in [4.69, 9.17) is 5.11 Å². The molecule has 2 rings (SSSR count). The molecule has 0 atom stereocenters. The van der Waals surface area contributed by atoms with Crippen LogP contribution in [0.25, 0.3) is 0 Å². The Kier molecular flexibility index (Phi) is 9.00. The summed E-state index contributed by atoms with van der Waals surface area (Å²) in [5.74, 6) is 1.39. The maximum Gasteiger partial charge on any atom is 0.234 e. The Morgan fingerprint density at radius 3 is 2.37 bits per heavy atom. The van der Waals surface area contributed by atoms with Gasteiger partial charge in [0.25, 0.3) is 0 Å². The number of carbonyl (C=O) groups excluding carboxylic acids is 1. The first-order valence-corrected chi connectivity index (χ1v) is 10.7. The largest absolute Gasteiger partial charge is 0.395 e. The summed E-state index contributed by atoms with van der Waals surface area (Å²) in [6, 6.07) is 4.09. The highest BCUT2D eigenvalue weighted by atomic mass is 32.2.